The molecule has 1 aliphatic carbocycles. The first-order chi connectivity index (χ1) is 13.8. The molecule has 0 N–H and O–H groups in total. The van der Waals surface area contributed by atoms with Gasteiger partial charge in [-0.3, -0.25) is 4.79 Å². The van der Waals surface area contributed by atoms with Crippen LogP contribution in [0.25, 0.3) is 0 Å². The Balaban J connectivity index is 1.51. The Labute approximate surface area is 165 Å². The Hall–Kier alpha value is -2.53. The molecule has 0 aromatic heterocycles. The van der Waals surface area contributed by atoms with Crippen LogP contribution in [0.2, 0.25) is 0 Å². The molecule has 1 amide bonds. The number of para-hydroxylation sites is 1. The second kappa shape index (κ2) is 7.47. The van der Waals surface area contributed by atoms with E-state index < -0.39 is 0 Å². The van der Waals surface area contributed by atoms with Crippen molar-refractivity contribution < 1.29 is 19.0 Å². The molecule has 5 nitrogen and oxygen atoms in total. The zero-order valence-corrected chi connectivity index (χ0v) is 15.9. The van der Waals surface area contributed by atoms with E-state index in [1.165, 1.54) is 11.1 Å². The molecule has 2 heterocycles. The van der Waals surface area contributed by atoms with Gasteiger partial charge in [0.05, 0.1) is 12.6 Å². The minimum Gasteiger partial charge on any atom is -0.454 e. The SMILES string of the molecule is O=C([C@H]1CCCO1)N(Cc1cccc2c1OCO2)[C@@H]1CCCc2ccccc21. The standard InChI is InChI=1S/C23H25NO4/c25-23(21-12-5-13-26-21)24(14-17-8-4-11-20-22(17)28-15-27-20)19-10-3-7-16-6-1-2-9-18(16)19/h1-2,4,6,8-9,11,19,21H,3,5,7,10,12-15H2/t19-,21-/m1/s1. The van der Waals surface area contributed by atoms with E-state index in [4.69, 9.17) is 14.2 Å². The van der Waals surface area contributed by atoms with Crippen LogP contribution in [0, 0.1) is 0 Å². The highest BCUT2D eigenvalue weighted by atomic mass is 16.7. The lowest BCUT2D eigenvalue weighted by molar-refractivity contribution is -0.144. The topological polar surface area (TPSA) is 48.0 Å². The van der Waals surface area contributed by atoms with Gasteiger partial charge >= 0.3 is 0 Å². The highest BCUT2D eigenvalue weighted by Gasteiger charge is 2.35. The molecular weight excluding hydrogens is 354 g/mol. The fourth-order valence-electron chi connectivity index (χ4n) is 4.65. The molecule has 1 saturated heterocycles. The van der Waals surface area contributed by atoms with Crippen LogP contribution in [0.4, 0.5) is 0 Å². The smallest absolute Gasteiger partial charge is 0.252 e. The average molecular weight is 379 g/mol. The van der Waals surface area contributed by atoms with Crippen molar-refractivity contribution in [2.75, 3.05) is 13.4 Å². The number of aryl methyl sites for hydroxylation is 1. The molecule has 1 fully saturated rings. The van der Waals surface area contributed by atoms with Crippen LogP contribution in [-0.2, 0) is 22.5 Å². The van der Waals surface area contributed by atoms with Gasteiger partial charge in [0.25, 0.3) is 5.91 Å². The molecule has 2 aromatic rings. The first-order valence-corrected chi connectivity index (χ1v) is 10.2. The van der Waals surface area contributed by atoms with Gasteiger partial charge in [-0.05, 0) is 49.3 Å². The minimum absolute atomic E-state index is 0.0693. The van der Waals surface area contributed by atoms with E-state index >= 15 is 0 Å². The number of nitrogens with zero attached hydrogens (tertiary/aromatic N) is 1. The van der Waals surface area contributed by atoms with Crippen LogP contribution in [0.15, 0.2) is 42.5 Å². The van der Waals surface area contributed by atoms with Crippen molar-refractivity contribution >= 4 is 5.91 Å². The number of ether oxygens (including phenoxy) is 3. The zero-order chi connectivity index (χ0) is 18.9. The summed E-state index contributed by atoms with van der Waals surface area (Å²) >= 11 is 0. The number of carbonyl (C=O) groups excluding carboxylic acids is 1. The minimum atomic E-state index is -0.331. The summed E-state index contributed by atoms with van der Waals surface area (Å²) in [5.74, 6) is 1.61. The number of hydrogen-bond donors (Lipinski definition) is 0. The van der Waals surface area contributed by atoms with E-state index in [-0.39, 0.29) is 24.8 Å². The van der Waals surface area contributed by atoms with E-state index in [9.17, 15) is 4.79 Å². The normalized spacial score (nSPS) is 22.7. The number of amides is 1. The van der Waals surface area contributed by atoms with Crippen molar-refractivity contribution in [3.63, 3.8) is 0 Å². The summed E-state index contributed by atoms with van der Waals surface area (Å²) in [6.45, 7) is 1.41. The number of benzene rings is 2. The van der Waals surface area contributed by atoms with Gasteiger partial charge in [0.15, 0.2) is 11.5 Å². The summed E-state index contributed by atoms with van der Waals surface area (Å²) in [4.78, 5) is 15.5. The van der Waals surface area contributed by atoms with Gasteiger partial charge in [0, 0.05) is 12.2 Å². The van der Waals surface area contributed by atoms with Gasteiger partial charge in [-0.1, -0.05) is 36.4 Å². The first-order valence-electron chi connectivity index (χ1n) is 10.2. The first kappa shape index (κ1) is 17.6. The second-order valence-electron chi connectivity index (χ2n) is 7.73. The van der Waals surface area contributed by atoms with E-state index in [2.05, 4.69) is 24.3 Å². The molecule has 0 spiro atoms. The molecule has 3 aliphatic rings. The highest BCUT2D eigenvalue weighted by Crippen LogP contribution is 2.40. The van der Waals surface area contributed by atoms with Crippen LogP contribution in [0.5, 0.6) is 11.5 Å². The predicted molar refractivity (Wildman–Crippen MR) is 104 cm³/mol. The molecule has 0 unspecified atom stereocenters. The average Bonchev–Trinajstić information content (AvgIpc) is 3.43. The van der Waals surface area contributed by atoms with Crippen molar-refractivity contribution in [2.45, 2.75) is 50.8 Å². The van der Waals surface area contributed by atoms with Crippen LogP contribution in [0.3, 0.4) is 0 Å². The largest absolute Gasteiger partial charge is 0.454 e. The fraction of sp³-hybridized carbons (Fsp3) is 0.435. The molecule has 28 heavy (non-hydrogen) atoms. The summed E-state index contributed by atoms with van der Waals surface area (Å²) in [6, 6.07) is 14.5. The third kappa shape index (κ3) is 3.14. The Morgan fingerprint density at radius 3 is 2.86 bits per heavy atom. The summed E-state index contributed by atoms with van der Waals surface area (Å²) in [5, 5.41) is 0. The maximum Gasteiger partial charge on any atom is 0.252 e. The van der Waals surface area contributed by atoms with Crippen molar-refractivity contribution in [3.8, 4) is 11.5 Å². The monoisotopic (exact) mass is 379 g/mol. The van der Waals surface area contributed by atoms with Gasteiger partial charge in [-0.2, -0.15) is 0 Å². The molecule has 5 heteroatoms. The molecule has 0 saturated carbocycles. The van der Waals surface area contributed by atoms with Gasteiger partial charge < -0.3 is 19.1 Å². The van der Waals surface area contributed by atoms with E-state index in [1.807, 2.05) is 23.1 Å². The van der Waals surface area contributed by atoms with Crippen molar-refractivity contribution in [1.82, 2.24) is 4.90 Å². The highest BCUT2D eigenvalue weighted by molar-refractivity contribution is 5.82. The van der Waals surface area contributed by atoms with Crippen LogP contribution >= 0.6 is 0 Å². The molecule has 5 rings (SSSR count). The molecule has 0 radical (unpaired) electrons. The Bertz CT molecular complexity index is 875. The number of rotatable bonds is 4. The van der Waals surface area contributed by atoms with Gasteiger partial charge in [-0.15, -0.1) is 0 Å². The number of carbonyl (C=O) groups is 1. The lowest BCUT2D eigenvalue weighted by Gasteiger charge is -2.37. The van der Waals surface area contributed by atoms with E-state index in [0.29, 0.717) is 13.2 Å². The van der Waals surface area contributed by atoms with Gasteiger partial charge in [0.1, 0.15) is 6.10 Å². The summed E-state index contributed by atoms with van der Waals surface area (Å²) in [7, 11) is 0. The van der Waals surface area contributed by atoms with Crippen molar-refractivity contribution in [2.24, 2.45) is 0 Å². The van der Waals surface area contributed by atoms with Crippen LogP contribution in [-0.4, -0.2) is 30.3 Å². The van der Waals surface area contributed by atoms with Crippen molar-refractivity contribution in [1.29, 1.82) is 0 Å². The van der Waals surface area contributed by atoms with Gasteiger partial charge in [-0.25, -0.2) is 0 Å². The molecule has 2 atom stereocenters. The molecule has 0 bridgehead atoms. The fourth-order valence-corrected chi connectivity index (χ4v) is 4.65. The number of hydrogen-bond acceptors (Lipinski definition) is 4. The second-order valence-corrected chi connectivity index (χ2v) is 7.73. The Kier molecular flexibility index (Phi) is 4.69. The zero-order valence-electron chi connectivity index (χ0n) is 15.9. The lowest BCUT2D eigenvalue weighted by atomic mass is 9.86. The summed E-state index contributed by atoms with van der Waals surface area (Å²) in [5.41, 5.74) is 3.61. The lowest BCUT2D eigenvalue weighted by Crippen LogP contribution is -2.42. The molecule has 2 aromatic carbocycles. The van der Waals surface area contributed by atoms with Crippen LogP contribution in [0.1, 0.15) is 48.4 Å². The maximum atomic E-state index is 13.5. The quantitative estimate of drug-likeness (QED) is 0.806. The molecular formula is C23H25NO4. The van der Waals surface area contributed by atoms with E-state index in [1.54, 1.807) is 0 Å². The summed E-state index contributed by atoms with van der Waals surface area (Å²) < 4.78 is 17.0. The number of fused-ring (bicyclic) bond motifs is 2. The Morgan fingerprint density at radius 1 is 1.04 bits per heavy atom. The molecule has 2 aliphatic heterocycles. The third-order valence-corrected chi connectivity index (χ3v) is 6.02. The molecule has 146 valence electrons. The summed E-state index contributed by atoms with van der Waals surface area (Å²) in [6.07, 6.45) is 4.56. The third-order valence-electron chi connectivity index (χ3n) is 6.02. The van der Waals surface area contributed by atoms with E-state index in [0.717, 1.165) is 49.2 Å². The van der Waals surface area contributed by atoms with Gasteiger partial charge in [0.2, 0.25) is 6.79 Å². The predicted octanol–water partition coefficient (Wildman–Crippen LogP) is 4.00. The van der Waals surface area contributed by atoms with Crippen molar-refractivity contribution in [3.05, 3.63) is 59.2 Å². The van der Waals surface area contributed by atoms with Crippen LogP contribution < -0.4 is 9.47 Å². The maximum absolute atomic E-state index is 13.5. The Morgan fingerprint density at radius 2 is 1.96 bits per heavy atom.